The van der Waals surface area contributed by atoms with Gasteiger partial charge in [-0.1, -0.05) is 57.2 Å². The van der Waals surface area contributed by atoms with E-state index in [2.05, 4.69) is 83.4 Å². The van der Waals surface area contributed by atoms with Gasteiger partial charge in [-0.25, -0.2) is 4.98 Å². The van der Waals surface area contributed by atoms with Gasteiger partial charge in [0.25, 0.3) is 0 Å². The van der Waals surface area contributed by atoms with Crippen molar-refractivity contribution < 1.29 is 4.79 Å². The Bertz CT molecular complexity index is 1010. The van der Waals surface area contributed by atoms with E-state index in [4.69, 9.17) is 4.98 Å². The number of carbonyl (C=O) groups excluding carboxylic acids is 1. The molecule has 1 unspecified atom stereocenters. The van der Waals surface area contributed by atoms with E-state index in [9.17, 15) is 4.79 Å². The third-order valence-corrected chi connectivity index (χ3v) is 5.89. The SMILES string of the molecule is CC(C)Cc1ccc(C(C)c2nc3ccccc3n2CC(=O)N(C(C)C)C(C)C)cc1. The van der Waals surface area contributed by atoms with Gasteiger partial charge in [0, 0.05) is 18.0 Å². The monoisotopic (exact) mass is 419 g/mol. The third-order valence-electron chi connectivity index (χ3n) is 5.89. The van der Waals surface area contributed by atoms with Crippen molar-refractivity contribution in [2.45, 2.75) is 79.4 Å². The summed E-state index contributed by atoms with van der Waals surface area (Å²) in [5.74, 6) is 1.82. The number of rotatable bonds is 8. The summed E-state index contributed by atoms with van der Waals surface area (Å²) >= 11 is 0. The number of aromatic nitrogens is 2. The number of para-hydroxylation sites is 2. The van der Waals surface area contributed by atoms with Gasteiger partial charge < -0.3 is 9.47 Å². The summed E-state index contributed by atoms with van der Waals surface area (Å²) < 4.78 is 2.11. The molecule has 1 atom stereocenters. The van der Waals surface area contributed by atoms with Crippen LogP contribution in [0.2, 0.25) is 0 Å². The van der Waals surface area contributed by atoms with Crippen LogP contribution in [0.3, 0.4) is 0 Å². The normalized spacial score (nSPS) is 12.8. The van der Waals surface area contributed by atoms with Crippen molar-refractivity contribution >= 4 is 16.9 Å². The fraction of sp³-hybridized carbons (Fsp3) is 0.481. The van der Waals surface area contributed by atoms with Gasteiger partial charge in [0.1, 0.15) is 12.4 Å². The first kappa shape index (κ1) is 23.1. The van der Waals surface area contributed by atoms with Crippen LogP contribution in [0.1, 0.15) is 71.3 Å². The van der Waals surface area contributed by atoms with Gasteiger partial charge >= 0.3 is 0 Å². The fourth-order valence-corrected chi connectivity index (χ4v) is 4.54. The molecule has 4 heteroatoms. The molecule has 1 amide bonds. The number of nitrogens with zero attached hydrogens (tertiary/aromatic N) is 3. The van der Waals surface area contributed by atoms with Crippen molar-refractivity contribution in [1.82, 2.24) is 14.5 Å². The van der Waals surface area contributed by atoms with E-state index < -0.39 is 0 Å². The minimum atomic E-state index is 0.0971. The minimum Gasteiger partial charge on any atom is -0.336 e. The molecule has 0 fully saturated rings. The molecular formula is C27H37N3O. The van der Waals surface area contributed by atoms with Gasteiger partial charge in [-0.2, -0.15) is 0 Å². The molecule has 0 aliphatic heterocycles. The van der Waals surface area contributed by atoms with Crippen LogP contribution in [-0.4, -0.2) is 32.4 Å². The van der Waals surface area contributed by atoms with Crippen molar-refractivity contribution in [2.75, 3.05) is 0 Å². The molecule has 2 aromatic carbocycles. The van der Waals surface area contributed by atoms with Gasteiger partial charge in [0.15, 0.2) is 0 Å². The minimum absolute atomic E-state index is 0.0971. The van der Waals surface area contributed by atoms with E-state index in [1.165, 1.54) is 11.1 Å². The van der Waals surface area contributed by atoms with E-state index in [0.717, 1.165) is 23.3 Å². The number of amides is 1. The zero-order valence-corrected chi connectivity index (χ0v) is 20.1. The summed E-state index contributed by atoms with van der Waals surface area (Å²) in [6.07, 6.45) is 1.09. The standard InChI is InChI=1S/C27H37N3O/c1-18(2)16-22-12-14-23(15-13-22)21(7)27-28-24-10-8-9-11-25(24)29(27)17-26(31)30(19(3)4)20(5)6/h8-15,18-21H,16-17H2,1-7H3. The maximum atomic E-state index is 13.3. The molecule has 4 nitrogen and oxygen atoms in total. The Labute approximate surface area is 187 Å². The first-order chi connectivity index (χ1) is 14.7. The van der Waals surface area contributed by atoms with Crippen LogP contribution in [-0.2, 0) is 17.8 Å². The molecule has 3 rings (SSSR count). The van der Waals surface area contributed by atoms with Crippen LogP contribution in [0.25, 0.3) is 11.0 Å². The summed E-state index contributed by atoms with van der Waals surface area (Å²) in [5, 5.41) is 0. The van der Waals surface area contributed by atoms with Crippen molar-refractivity contribution in [2.24, 2.45) is 5.92 Å². The van der Waals surface area contributed by atoms with Gasteiger partial charge in [0.05, 0.1) is 11.0 Å². The Morgan fingerprint density at radius 2 is 1.52 bits per heavy atom. The smallest absolute Gasteiger partial charge is 0.243 e. The van der Waals surface area contributed by atoms with Crippen LogP contribution in [0.4, 0.5) is 0 Å². The summed E-state index contributed by atoms with van der Waals surface area (Å²) in [4.78, 5) is 20.2. The number of carbonyl (C=O) groups is 1. The molecule has 1 aromatic heterocycles. The van der Waals surface area contributed by atoms with Crippen LogP contribution >= 0.6 is 0 Å². The first-order valence-corrected chi connectivity index (χ1v) is 11.5. The molecule has 0 bridgehead atoms. The van der Waals surface area contributed by atoms with Crippen molar-refractivity contribution in [3.8, 4) is 0 Å². The maximum Gasteiger partial charge on any atom is 0.243 e. The molecule has 0 aliphatic rings. The van der Waals surface area contributed by atoms with Crippen molar-refractivity contribution in [1.29, 1.82) is 0 Å². The number of imidazole rings is 1. The van der Waals surface area contributed by atoms with Crippen LogP contribution in [0.15, 0.2) is 48.5 Å². The van der Waals surface area contributed by atoms with Gasteiger partial charge in [-0.3, -0.25) is 4.79 Å². The molecule has 1 heterocycles. The Morgan fingerprint density at radius 3 is 2.10 bits per heavy atom. The second-order valence-electron chi connectivity index (χ2n) is 9.59. The lowest BCUT2D eigenvalue weighted by molar-refractivity contribution is -0.135. The van der Waals surface area contributed by atoms with E-state index in [-0.39, 0.29) is 23.9 Å². The molecule has 31 heavy (non-hydrogen) atoms. The zero-order valence-electron chi connectivity index (χ0n) is 20.1. The van der Waals surface area contributed by atoms with Crippen LogP contribution < -0.4 is 0 Å². The van der Waals surface area contributed by atoms with Crippen LogP contribution in [0, 0.1) is 5.92 Å². The third kappa shape index (κ3) is 5.17. The number of hydrogen-bond donors (Lipinski definition) is 0. The molecule has 0 N–H and O–H groups in total. The van der Waals surface area contributed by atoms with E-state index in [1.54, 1.807) is 0 Å². The molecule has 0 spiro atoms. The molecule has 0 saturated heterocycles. The highest BCUT2D eigenvalue weighted by molar-refractivity contribution is 5.81. The van der Waals surface area contributed by atoms with E-state index >= 15 is 0 Å². The Balaban J connectivity index is 1.98. The Kier molecular flexibility index (Phi) is 7.19. The largest absolute Gasteiger partial charge is 0.336 e. The molecule has 0 saturated carbocycles. The maximum absolute atomic E-state index is 13.3. The van der Waals surface area contributed by atoms with Crippen molar-refractivity contribution in [3.63, 3.8) is 0 Å². The molecule has 0 radical (unpaired) electrons. The summed E-state index contributed by atoms with van der Waals surface area (Å²) in [6.45, 7) is 15.3. The lowest BCUT2D eigenvalue weighted by atomic mass is 9.96. The highest BCUT2D eigenvalue weighted by Gasteiger charge is 2.24. The van der Waals surface area contributed by atoms with Crippen LogP contribution in [0.5, 0.6) is 0 Å². The molecule has 0 aliphatic carbocycles. The zero-order chi connectivity index (χ0) is 22.7. The highest BCUT2D eigenvalue weighted by atomic mass is 16.2. The number of hydrogen-bond acceptors (Lipinski definition) is 2. The Hall–Kier alpha value is -2.62. The van der Waals surface area contributed by atoms with E-state index in [1.807, 2.05) is 23.1 Å². The fourth-order valence-electron chi connectivity index (χ4n) is 4.54. The van der Waals surface area contributed by atoms with E-state index in [0.29, 0.717) is 12.5 Å². The summed E-state index contributed by atoms with van der Waals surface area (Å²) in [5.41, 5.74) is 4.54. The number of benzene rings is 2. The second kappa shape index (κ2) is 9.67. The average Bonchev–Trinajstić information content (AvgIpc) is 3.05. The topological polar surface area (TPSA) is 38.1 Å². The predicted octanol–water partition coefficient (Wildman–Crippen LogP) is 6.03. The Morgan fingerprint density at radius 1 is 0.903 bits per heavy atom. The second-order valence-corrected chi connectivity index (χ2v) is 9.59. The average molecular weight is 420 g/mol. The quantitative estimate of drug-likeness (QED) is 0.447. The predicted molar refractivity (Wildman–Crippen MR) is 129 cm³/mol. The summed E-state index contributed by atoms with van der Waals surface area (Å²) in [6, 6.07) is 17.3. The van der Waals surface area contributed by atoms with Gasteiger partial charge in [-0.05, 0) is 63.3 Å². The number of fused-ring (bicyclic) bond motifs is 1. The highest BCUT2D eigenvalue weighted by Crippen LogP contribution is 2.28. The van der Waals surface area contributed by atoms with Gasteiger partial charge in [0.2, 0.25) is 5.91 Å². The lowest BCUT2D eigenvalue weighted by Gasteiger charge is -2.31. The molecule has 3 aromatic rings. The lowest BCUT2D eigenvalue weighted by Crippen LogP contribution is -2.43. The van der Waals surface area contributed by atoms with Gasteiger partial charge in [-0.15, -0.1) is 0 Å². The molecule has 166 valence electrons. The summed E-state index contributed by atoms with van der Waals surface area (Å²) in [7, 11) is 0. The van der Waals surface area contributed by atoms with Crippen molar-refractivity contribution in [3.05, 3.63) is 65.5 Å². The molecular weight excluding hydrogens is 382 g/mol. The first-order valence-electron chi connectivity index (χ1n) is 11.5.